The molecule has 1 aliphatic heterocycles. The van der Waals surface area contributed by atoms with Gasteiger partial charge in [0.2, 0.25) is 0 Å². The first-order valence-electron chi connectivity index (χ1n) is 6.15. The minimum absolute atomic E-state index is 0.389. The van der Waals surface area contributed by atoms with Gasteiger partial charge in [0.1, 0.15) is 17.0 Å². The van der Waals surface area contributed by atoms with Crippen LogP contribution in [0.4, 0.5) is 5.82 Å². The number of methoxy groups -OCH3 is 1. The summed E-state index contributed by atoms with van der Waals surface area (Å²) in [6.45, 7) is 1.11. The number of aliphatic hydroxyl groups is 1. The van der Waals surface area contributed by atoms with Crippen LogP contribution in [0.15, 0.2) is 18.3 Å². The van der Waals surface area contributed by atoms with Crippen molar-refractivity contribution in [1.29, 1.82) is 0 Å². The topological polar surface area (TPSA) is 62.7 Å². The molecule has 5 nitrogen and oxygen atoms in total. The maximum Gasteiger partial charge on any atom is 0.341 e. The number of β-amino-alcohol motifs (C(OH)–C–C–N with tert-alkyl or cyclic N) is 1. The third-order valence-electron chi connectivity index (χ3n) is 3.76. The molecule has 1 aromatic rings. The first-order chi connectivity index (χ1) is 8.64. The third-order valence-corrected chi connectivity index (χ3v) is 3.76. The monoisotopic (exact) mass is 248 g/mol. The van der Waals surface area contributed by atoms with E-state index >= 15 is 0 Å². The number of pyridine rings is 1. The van der Waals surface area contributed by atoms with Gasteiger partial charge in [-0.15, -0.1) is 0 Å². The highest BCUT2D eigenvalue weighted by atomic mass is 16.5. The van der Waals surface area contributed by atoms with E-state index in [1.54, 1.807) is 18.3 Å². The summed E-state index contributed by atoms with van der Waals surface area (Å²) in [5.41, 5.74) is -0.122. The Balaban J connectivity index is 1.79. The summed E-state index contributed by atoms with van der Waals surface area (Å²) < 4.78 is 4.74. The summed E-state index contributed by atoms with van der Waals surface area (Å²) in [5.74, 6) is 0.647. The van der Waals surface area contributed by atoms with E-state index in [0.717, 1.165) is 12.8 Å². The molecule has 1 saturated carbocycles. The molecule has 0 aromatic carbocycles. The van der Waals surface area contributed by atoms with E-state index in [1.165, 1.54) is 7.11 Å². The molecule has 2 aliphatic rings. The van der Waals surface area contributed by atoms with Gasteiger partial charge in [-0.2, -0.15) is 0 Å². The molecule has 0 spiro atoms. The fourth-order valence-corrected chi connectivity index (χ4v) is 2.56. The van der Waals surface area contributed by atoms with Crippen molar-refractivity contribution in [2.24, 2.45) is 5.92 Å². The molecule has 1 aliphatic carbocycles. The highest BCUT2D eigenvalue weighted by molar-refractivity contribution is 5.94. The number of hydrogen-bond donors (Lipinski definition) is 1. The number of aromatic nitrogens is 1. The van der Waals surface area contributed by atoms with Gasteiger partial charge in [-0.25, -0.2) is 9.78 Å². The molecule has 0 unspecified atom stereocenters. The van der Waals surface area contributed by atoms with E-state index in [4.69, 9.17) is 4.74 Å². The summed E-state index contributed by atoms with van der Waals surface area (Å²) in [4.78, 5) is 17.8. The van der Waals surface area contributed by atoms with Crippen LogP contribution >= 0.6 is 0 Å². The molecule has 0 amide bonds. The van der Waals surface area contributed by atoms with Crippen LogP contribution in [0.3, 0.4) is 0 Å². The van der Waals surface area contributed by atoms with Gasteiger partial charge in [-0.05, 0) is 30.9 Å². The van der Waals surface area contributed by atoms with Crippen LogP contribution in [0.25, 0.3) is 0 Å². The van der Waals surface area contributed by atoms with Gasteiger partial charge in [0.15, 0.2) is 0 Å². The molecular formula is C13H16N2O3. The Labute approximate surface area is 105 Å². The van der Waals surface area contributed by atoms with E-state index in [0.29, 0.717) is 30.4 Å². The maximum absolute atomic E-state index is 11.6. The highest BCUT2D eigenvalue weighted by Crippen LogP contribution is 2.45. The molecule has 5 heteroatoms. The number of nitrogens with zero attached hydrogens (tertiary/aromatic N) is 2. The summed E-state index contributed by atoms with van der Waals surface area (Å²) in [6.07, 6.45) is 3.86. The zero-order valence-electron chi connectivity index (χ0n) is 10.3. The fourth-order valence-electron chi connectivity index (χ4n) is 2.56. The second-order valence-corrected chi connectivity index (χ2v) is 5.10. The van der Waals surface area contributed by atoms with Gasteiger partial charge >= 0.3 is 5.97 Å². The molecule has 96 valence electrons. The molecule has 2 heterocycles. The predicted molar refractivity (Wildman–Crippen MR) is 65.5 cm³/mol. The molecular weight excluding hydrogens is 232 g/mol. The van der Waals surface area contributed by atoms with E-state index in [2.05, 4.69) is 4.98 Å². The summed E-state index contributed by atoms with van der Waals surface area (Å²) >= 11 is 0. The standard InChI is InChI=1S/C13H16N2O3/c1-18-12(16)10-3-2-6-14-11(10)15-7-13(17,8-15)9-4-5-9/h2-3,6,9,17H,4-5,7-8H2,1H3. The van der Waals surface area contributed by atoms with Gasteiger partial charge in [-0.3, -0.25) is 0 Å². The molecule has 0 bridgehead atoms. The van der Waals surface area contributed by atoms with Crippen molar-refractivity contribution in [2.45, 2.75) is 18.4 Å². The van der Waals surface area contributed by atoms with E-state index < -0.39 is 5.60 Å². The lowest BCUT2D eigenvalue weighted by Gasteiger charge is -2.48. The molecule has 18 heavy (non-hydrogen) atoms. The van der Waals surface area contributed by atoms with E-state index in [1.807, 2.05) is 4.90 Å². The zero-order chi connectivity index (χ0) is 12.8. The molecule has 1 aromatic heterocycles. The molecule has 1 saturated heterocycles. The van der Waals surface area contributed by atoms with Crippen molar-refractivity contribution in [2.75, 3.05) is 25.1 Å². The fraction of sp³-hybridized carbons (Fsp3) is 0.538. The number of esters is 1. The highest BCUT2D eigenvalue weighted by Gasteiger charge is 2.52. The van der Waals surface area contributed by atoms with Crippen LogP contribution in [-0.2, 0) is 4.74 Å². The number of carbonyl (C=O) groups is 1. The average Bonchev–Trinajstić information content (AvgIpc) is 3.18. The summed E-state index contributed by atoms with van der Waals surface area (Å²) in [7, 11) is 1.36. The number of ether oxygens (including phenoxy) is 1. The zero-order valence-corrected chi connectivity index (χ0v) is 10.3. The van der Waals surface area contributed by atoms with E-state index in [-0.39, 0.29) is 5.97 Å². The SMILES string of the molecule is COC(=O)c1cccnc1N1CC(O)(C2CC2)C1. The third kappa shape index (κ3) is 1.75. The van der Waals surface area contributed by atoms with Crippen LogP contribution in [-0.4, -0.2) is 41.9 Å². The Morgan fingerprint density at radius 3 is 2.89 bits per heavy atom. The first-order valence-corrected chi connectivity index (χ1v) is 6.15. The summed E-state index contributed by atoms with van der Waals surface area (Å²) in [5, 5.41) is 10.3. The summed E-state index contributed by atoms with van der Waals surface area (Å²) in [6, 6.07) is 3.41. The molecule has 2 fully saturated rings. The van der Waals surface area contributed by atoms with Gasteiger partial charge < -0.3 is 14.7 Å². The Morgan fingerprint density at radius 2 is 2.28 bits per heavy atom. The van der Waals surface area contributed by atoms with E-state index in [9.17, 15) is 9.90 Å². The van der Waals surface area contributed by atoms with Crippen LogP contribution < -0.4 is 4.90 Å². The average molecular weight is 248 g/mol. The lowest BCUT2D eigenvalue weighted by Crippen LogP contribution is -2.63. The van der Waals surface area contributed by atoms with Gasteiger partial charge in [0.05, 0.1) is 20.2 Å². The van der Waals surface area contributed by atoms with Crippen molar-refractivity contribution in [1.82, 2.24) is 4.98 Å². The Morgan fingerprint density at radius 1 is 1.56 bits per heavy atom. The number of carbonyl (C=O) groups excluding carboxylic acids is 1. The van der Waals surface area contributed by atoms with Crippen LogP contribution in [0.5, 0.6) is 0 Å². The van der Waals surface area contributed by atoms with Gasteiger partial charge in [0, 0.05) is 6.20 Å². The van der Waals surface area contributed by atoms with Gasteiger partial charge in [-0.1, -0.05) is 0 Å². The largest absolute Gasteiger partial charge is 0.465 e. The number of hydrogen-bond acceptors (Lipinski definition) is 5. The van der Waals surface area contributed by atoms with Crippen LogP contribution in [0, 0.1) is 5.92 Å². The molecule has 1 N–H and O–H groups in total. The Bertz CT molecular complexity index is 479. The van der Waals surface area contributed by atoms with Crippen LogP contribution in [0.2, 0.25) is 0 Å². The first kappa shape index (κ1) is 11.5. The number of anilines is 1. The quantitative estimate of drug-likeness (QED) is 0.803. The normalized spacial score (nSPS) is 21.3. The van der Waals surface area contributed by atoms with Crippen LogP contribution in [0.1, 0.15) is 23.2 Å². The van der Waals surface area contributed by atoms with Crippen molar-refractivity contribution < 1.29 is 14.6 Å². The Hall–Kier alpha value is -1.62. The second-order valence-electron chi connectivity index (χ2n) is 5.10. The predicted octanol–water partition coefficient (Wildman–Crippen LogP) is 0.829. The molecule has 3 rings (SSSR count). The minimum Gasteiger partial charge on any atom is -0.465 e. The molecule has 0 atom stereocenters. The second kappa shape index (κ2) is 3.95. The molecule has 0 radical (unpaired) electrons. The Kier molecular flexibility index (Phi) is 2.52. The number of rotatable bonds is 3. The maximum atomic E-state index is 11.6. The smallest absolute Gasteiger partial charge is 0.341 e. The lowest BCUT2D eigenvalue weighted by molar-refractivity contribution is -0.00993. The van der Waals surface area contributed by atoms with Crippen molar-refractivity contribution >= 4 is 11.8 Å². The lowest BCUT2D eigenvalue weighted by atomic mass is 9.88. The van der Waals surface area contributed by atoms with Crippen molar-refractivity contribution in [3.63, 3.8) is 0 Å². The van der Waals surface area contributed by atoms with Crippen molar-refractivity contribution in [3.05, 3.63) is 23.9 Å². The minimum atomic E-state index is -0.578. The van der Waals surface area contributed by atoms with Crippen molar-refractivity contribution in [3.8, 4) is 0 Å². The van der Waals surface area contributed by atoms with Gasteiger partial charge in [0.25, 0.3) is 0 Å².